The van der Waals surface area contributed by atoms with E-state index < -0.39 is 33.4 Å². The van der Waals surface area contributed by atoms with E-state index in [4.69, 9.17) is 4.74 Å². The highest BCUT2D eigenvalue weighted by Gasteiger charge is 2.16. The van der Waals surface area contributed by atoms with Crippen LogP contribution in [0.3, 0.4) is 0 Å². The zero-order valence-corrected chi connectivity index (χ0v) is 19.2. The summed E-state index contributed by atoms with van der Waals surface area (Å²) in [6, 6.07) is 12.4. The molecule has 32 heavy (non-hydrogen) atoms. The molecule has 2 aromatic carbocycles. The third-order valence-corrected chi connectivity index (χ3v) is 7.34. The van der Waals surface area contributed by atoms with Gasteiger partial charge in [-0.25, -0.2) is 13.2 Å². The Morgan fingerprint density at radius 2 is 1.84 bits per heavy atom. The largest absolute Gasteiger partial charge is 0.452 e. The summed E-state index contributed by atoms with van der Waals surface area (Å²) in [6.07, 6.45) is 0. The van der Waals surface area contributed by atoms with E-state index in [1.807, 2.05) is 0 Å². The van der Waals surface area contributed by atoms with Crippen molar-refractivity contribution >= 4 is 66.2 Å². The van der Waals surface area contributed by atoms with E-state index in [1.54, 1.807) is 11.4 Å². The van der Waals surface area contributed by atoms with Gasteiger partial charge in [0.25, 0.3) is 21.6 Å². The predicted molar refractivity (Wildman–Crippen MR) is 121 cm³/mol. The van der Waals surface area contributed by atoms with Gasteiger partial charge in [0.05, 0.1) is 16.2 Å². The molecule has 0 bridgehead atoms. The summed E-state index contributed by atoms with van der Waals surface area (Å²) in [5.41, 5.74) is 0.505. The molecule has 13 heteroatoms. The van der Waals surface area contributed by atoms with Crippen molar-refractivity contribution in [2.24, 2.45) is 0 Å². The summed E-state index contributed by atoms with van der Waals surface area (Å²) in [4.78, 5) is 34.3. The predicted octanol–water partition coefficient (Wildman–Crippen LogP) is 4.02. The van der Waals surface area contributed by atoms with Crippen LogP contribution < -0.4 is 10.0 Å². The van der Waals surface area contributed by atoms with Crippen molar-refractivity contribution in [1.82, 2.24) is 0 Å². The van der Waals surface area contributed by atoms with Crippen LogP contribution in [0.15, 0.2) is 68.7 Å². The highest BCUT2D eigenvalue weighted by Crippen LogP contribution is 2.27. The number of nitro benzene ring substituents is 1. The molecule has 0 fully saturated rings. The SMILES string of the molecule is O=C(COC(=O)c1ccc(NS(=O)(=O)c2cccs2)cc1)Nc1ccc([N+](=O)[O-])cc1Br. The Morgan fingerprint density at radius 3 is 2.44 bits per heavy atom. The molecule has 0 spiro atoms. The minimum atomic E-state index is -3.71. The number of hydrogen-bond donors (Lipinski definition) is 2. The smallest absolute Gasteiger partial charge is 0.338 e. The summed E-state index contributed by atoms with van der Waals surface area (Å²) in [7, 11) is -3.71. The van der Waals surface area contributed by atoms with Crippen LogP contribution in [0.5, 0.6) is 0 Å². The maximum absolute atomic E-state index is 12.2. The Bertz CT molecular complexity index is 1260. The fourth-order valence-electron chi connectivity index (χ4n) is 2.42. The number of anilines is 2. The van der Waals surface area contributed by atoms with Crippen molar-refractivity contribution in [1.29, 1.82) is 0 Å². The second-order valence-electron chi connectivity index (χ2n) is 6.16. The molecule has 1 heterocycles. The van der Waals surface area contributed by atoms with Crippen LogP contribution in [0.2, 0.25) is 0 Å². The van der Waals surface area contributed by atoms with Gasteiger partial charge in [-0.15, -0.1) is 11.3 Å². The number of benzene rings is 2. The molecule has 0 aliphatic rings. The van der Waals surface area contributed by atoms with E-state index in [2.05, 4.69) is 26.0 Å². The number of esters is 1. The topological polar surface area (TPSA) is 145 Å². The number of nitro groups is 1. The number of nitrogens with one attached hydrogen (secondary N) is 2. The zero-order valence-electron chi connectivity index (χ0n) is 16.0. The monoisotopic (exact) mass is 539 g/mol. The van der Waals surface area contributed by atoms with E-state index in [1.165, 1.54) is 48.5 Å². The number of non-ortho nitro benzene ring substituents is 1. The molecule has 3 rings (SSSR count). The first-order chi connectivity index (χ1) is 15.2. The quantitative estimate of drug-likeness (QED) is 0.250. The van der Waals surface area contributed by atoms with Crippen molar-refractivity contribution < 1.29 is 27.7 Å². The molecule has 2 N–H and O–H groups in total. The number of hydrogen-bond acceptors (Lipinski definition) is 8. The standard InChI is InChI=1S/C19H14BrN3O7S2/c20-15-10-14(23(26)27)7-8-16(15)21-17(24)11-30-19(25)12-3-5-13(6-4-12)22-32(28,29)18-2-1-9-31-18/h1-10,22H,11H2,(H,21,24). The summed E-state index contributed by atoms with van der Waals surface area (Å²) < 4.78 is 32.2. The second-order valence-corrected chi connectivity index (χ2v) is 9.87. The molecule has 0 saturated heterocycles. The number of rotatable bonds is 8. The van der Waals surface area contributed by atoms with Crippen LogP contribution in [0.25, 0.3) is 0 Å². The summed E-state index contributed by atoms with van der Waals surface area (Å²) in [6.45, 7) is -0.588. The Morgan fingerprint density at radius 1 is 1.12 bits per heavy atom. The number of ether oxygens (including phenoxy) is 1. The van der Waals surface area contributed by atoms with Gasteiger partial charge in [0, 0.05) is 22.3 Å². The minimum Gasteiger partial charge on any atom is -0.452 e. The first-order valence-electron chi connectivity index (χ1n) is 8.73. The van der Waals surface area contributed by atoms with Crippen LogP contribution in [-0.2, 0) is 19.6 Å². The van der Waals surface area contributed by atoms with Gasteiger partial charge in [-0.3, -0.25) is 19.6 Å². The average molecular weight is 540 g/mol. The van der Waals surface area contributed by atoms with Crippen LogP contribution in [0, 0.1) is 10.1 Å². The fraction of sp³-hybridized carbons (Fsp3) is 0.0526. The second kappa shape index (κ2) is 9.89. The van der Waals surface area contributed by atoms with E-state index >= 15 is 0 Å². The van der Waals surface area contributed by atoms with E-state index in [0.717, 1.165) is 11.3 Å². The van der Waals surface area contributed by atoms with Gasteiger partial charge in [0.15, 0.2) is 6.61 Å². The molecule has 166 valence electrons. The minimum absolute atomic E-state index is 0.119. The molecule has 0 radical (unpaired) electrons. The van der Waals surface area contributed by atoms with Gasteiger partial charge in [-0.1, -0.05) is 6.07 Å². The van der Waals surface area contributed by atoms with Crippen molar-refractivity contribution in [3.05, 3.63) is 80.1 Å². The number of thiophene rings is 1. The average Bonchev–Trinajstić information content (AvgIpc) is 3.30. The first-order valence-corrected chi connectivity index (χ1v) is 11.9. The number of nitrogens with zero attached hydrogens (tertiary/aromatic N) is 1. The highest BCUT2D eigenvalue weighted by molar-refractivity contribution is 9.10. The zero-order chi connectivity index (χ0) is 23.3. The molecule has 0 aliphatic heterocycles. The van der Waals surface area contributed by atoms with Gasteiger partial charge in [0.2, 0.25) is 0 Å². The van der Waals surface area contributed by atoms with E-state index in [9.17, 15) is 28.1 Å². The van der Waals surface area contributed by atoms with Gasteiger partial charge in [-0.2, -0.15) is 0 Å². The lowest BCUT2D eigenvalue weighted by Crippen LogP contribution is -2.21. The summed E-state index contributed by atoms with van der Waals surface area (Å²) in [5, 5.41) is 14.9. The molecular formula is C19H14BrN3O7S2. The maximum atomic E-state index is 12.2. The van der Waals surface area contributed by atoms with Crippen molar-refractivity contribution in [3.63, 3.8) is 0 Å². The number of carbonyl (C=O) groups is 2. The van der Waals surface area contributed by atoms with E-state index in [0.29, 0.717) is 4.47 Å². The summed E-state index contributed by atoms with van der Waals surface area (Å²) >= 11 is 4.20. The molecular weight excluding hydrogens is 526 g/mol. The molecule has 0 aliphatic carbocycles. The Labute approximate surface area is 194 Å². The fourth-order valence-corrected chi connectivity index (χ4v) is 4.93. The molecule has 1 aromatic heterocycles. The third kappa shape index (κ3) is 5.90. The molecule has 1 amide bonds. The molecule has 10 nitrogen and oxygen atoms in total. The Kier molecular flexibility index (Phi) is 7.22. The number of sulfonamides is 1. The normalized spacial score (nSPS) is 10.9. The van der Waals surface area contributed by atoms with Crippen molar-refractivity contribution in [2.45, 2.75) is 4.21 Å². The van der Waals surface area contributed by atoms with Gasteiger partial charge < -0.3 is 10.1 Å². The first kappa shape index (κ1) is 23.4. The van der Waals surface area contributed by atoms with Crippen molar-refractivity contribution in [2.75, 3.05) is 16.6 Å². The Hall–Kier alpha value is -3.29. The van der Waals surface area contributed by atoms with Gasteiger partial charge >= 0.3 is 5.97 Å². The van der Waals surface area contributed by atoms with Crippen molar-refractivity contribution in [3.8, 4) is 0 Å². The van der Waals surface area contributed by atoms with Crippen LogP contribution in [0.1, 0.15) is 10.4 Å². The highest BCUT2D eigenvalue weighted by atomic mass is 79.9. The lowest BCUT2D eigenvalue weighted by Gasteiger charge is -2.09. The van der Waals surface area contributed by atoms with Gasteiger partial charge in [-0.05, 0) is 57.7 Å². The van der Waals surface area contributed by atoms with Crippen LogP contribution in [0.4, 0.5) is 17.1 Å². The lowest BCUT2D eigenvalue weighted by molar-refractivity contribution is -0.384. The number of carbonyl (C=O) groups excluding carboxylic acids is 2. The Balaban J connectivity index is 1.55. The molecule has 3 aromatic rings. The number of amides is 1. The molecule has 0 atom stereocenters. The van der Waals surface area contributed by atoms with E-state index in [-0.39, 0.29) is 26.8 Å². The third-order valence-electron chi connectivity index (χ3n) is 3.90. The van der Waals surface area contributed by atoms with Crippen LogP contribution in [-0.4, -0.2) is 31.8 Å². The summed E-state index contributed by atoms with van der Waals surface area (Å²) in [5.74, 6) is -1.43. The maximum Gasteiger partial charge on any atom is 0.338 e. The molecule has 0 saturated carbocycles. The van der Waals surface area contributed by atoms with Crippen LogP contribution >= 0.6 is 27.3 Å². The van der Waals surface area contributed by atoms with Gasteiger partial charge in [0.1, 0.15) is 4.21 Å². The molecule has 0 unspecified atom stereocenters. The lowest BCUT2D eigenvalue weighted by atomic mass is 10.2. The number of halogens is 1.